The number of benzene rings is 3. The zero-order chi connectivity index (χ0) is 24.3. The van der Waals surface area contributed by atoms with E-state index in [1.807, 2.05) is 12.1 Å². The number of ketones is 1. The van der Waals surface area contributed by atoms with E-state index in [1.165, 1.54) is 22.8 Å². The molecule has 1 spiro atoms. The number of Topliss-reactive ketones (excluding diaryl/α,β-unsaturated/α-hetero) is 1. The summed E-state index contributed by atoms with van der Waals surface area (Å²) in [6.07, 6.45) is 4.71. The van der Waals surface area contributed by atoms with E-state index in [1.54, 1.807) is 23.7 Å². The minimum absolute atomic E-state index is 0.0657. The van der Waals surface area contributed by atoms with Crippen LogP contribution in [0.25, 0.3) is 17.2 Å². The van der Waals surface area contributed by atoms with E-state index in [2.05, 4.69) is 53.4 Å². The van der Waals surface area contributed by atoms with E-state index in [0.29, 0.717) is 23.3 Å². The SMILES string of the molecule is O=C(/C=C/c1ccc2c(c1)C(=O)CC1(CCN(Cc3ccccc3-c3ccccc3)CC1)O2)NO. The third-order valence-electron chi connectivity index (χ3n) is 6.91. The highest BCUT2D eigenvalue weighted by molar-refractivity contribution is 6.01. The summed E-state index contributed by atoms with van der Waals surface area (Å²) in [6, 6.07) is 24.3. The van der Waals surface area contributed by atoms with Crippen molar-refractivity contribution in [2.75, 3.05) is 13.1 Å². The van der Waals surface area contributed by atoms with Crippen molar-refractivity contribution in [2.45, 2.75) is 31.4 Å². The van der Waals surface area contributed by atoms with Crippen LogP contribution in [0.4, 0.5) is 0 Å². The second-order valence-electron chi connectivity index (χ2n) is 9.25. The average molecular weight is 469 g/mol. The van der Waals surface area contributed by atoms with Gasteiger partial charge in [-0.05, 0) is 40.5 Å². The molecule has 2 N–H and O–H groups in total. The first-order valence-electron chi connectivity index (χ1n) is 11.9. The zero-order valence-electron chi connectivity index (χ0n) is 19.4. The number of ether oxygens (including phenoxy) is 1. The molecule has 0 aliphatic carbocycles. The van der Waals surface area contributed by atoms with Crippen LogP contribution in [0.1, 0.15) is 40.7 Å². The fourth-order valence-electron chi connectivity index (χ4n) is 5.02. The lowest BCUT2D eigenvalue weighted by atomic mass is 9.82. The van der Waals surface area contributed by atoms with Gasteiger partial charge in [0.1, 0.15) is 11.4 Å². The zero-order valence-corrected chi connectivity index (χ0v) is 19.4. The first-order chi connectivity index (χ1) is 17.0. The summed E-state index contributed by atoms with van der Waals surface area (Å²) in [5, 5.41) is 8.63. The van der Waals surface area contributed by atoms with Gasteiger partial charge in [0.2, 0.25) is 0 Å². The monoisotopic (exact) mass is 468 g/mol. The van der Waals surface area contributed by atoms with Crippen LogP contribution in [0.15, 0.2) is 78.9 Å². The molecule has 3 aromatic carbocycles. The number of hydrogen-bond acceptors (Lipinski definition) is 5. The van der Waals surface area contributed by atoms with Gasteiger partial charge >= 0.3 is 0 Å². The summed E-state index contributed by atoms with van der Waals surface area (Å²) in [5.41, 5.74) is 6.12. The fourth-order valence-corrected chi connectivity index (χ4v) is 5.02. The summed E-state index contributed by atoms with van der Waals surface area (Å²) in [7, 11) is 0. The van der Waals surface area contributed by atoms with Crippen molar-refractivity contribution < 1.29 is 19.5 Å². The number of nitrogens with one attached hydrogen (secondary N) is 1. The molecule has 0 aromatic heterocycles. The van der Waals surface area contributed by atoms with Gasteiger partial charge < -0.3 is 4.74 Å². The van der Waals surface area contributed by atoms with Crippen LogP contribution in [0.2, 0.25) is 0 Å². The standard InChI is InChI=1S/C29H28N2O4/c32-26-19-29(35-27-12-10-21(18-25(26)27)11-13-28(33)30-34)14-16-31(17-15-29)20-23-8-4-5-9-24(23)22-6-2-1-3-7-22/h1-13,18,34H,14-17,19-20H2,(H,30,33)/b13-11+. The Morgan fingerprint density at radius 2 is 1.74 bits per heavy atom. The van der Waals surface area contributed by atoms with Crippen LogP contribution < -0.4 is 10.2 Å². The predicted molar refractivity (Wildman–Crippen MR) is 134 cm³/mol. The summed E-state index contributed by atoms with van der Waals surface area (Å²) in [6.45, 7) is 2.59. The summed E-state index contributed by atoms with van der Waals surface area (Å²) in [5.74, 6) is 0.0475. The Bertz CT molecular complexity index is 1260. The van der Waals surface area contributed by atoms with Crippen molar-refractivity contribution in [2.24, 2.45) is 0 Å². The van der Waals surface area contributed by atoms with Gasteiger partial charge in [-0.25, -0.2) is 5.48 Å². The van der Waals surface area contributed by atoms with Crippen molar-refractivity contribution in [1.82, 2.24) is 10.4 Å². The third kappa shape index (κ3) is 5.04. The first-order valence-corrected chi connectivity index (χ1v) is 11.9. The highest BCUT2D eigenvalue weighted by Crippen LogP contribution is 2.40. The quantitative estimate of drug-likeness (QED) is 0.317. The molecule has 6 nitrogen and oxygen atoms in total. The second-order valence-corrected chi connectivity index (χ2v) is 9.25. The molecule has 178 valence electrons. The Hall–Kier alpha value is -3.74. The number of hydrogen-bond donors (Lipinski definition) is 2. The van der Waals surface area contributed by atoms with Gasteiger partial charge in [-0.2, -0.15) is 0 Å². The minimum atomic E-state index is -0.623. The molecule has 0 unspecified atom stereocenters. The highest BCUT2D eigenvalue weighted by Gasteiger charge is 2.42. The van der Waals surface area contributed by atoms with Crippen LogP contribution in [-0.2, 0) is 11.3 Å². The molecule has 0 radical (unpaired) electrons. The second kappa shape index (κ2) is 9.86. The van der Waals surface area contributed by atoms with E-state index in [0.717, 1.165) is 32.5 Å². The average Bonchev–Trinajstić information content (AvgIpc) is 2.90. The fraction of sp³-hybridized carbons (Fsp3) is 0.241. The van der Waals surface area contributed by atoms with E-state index in [-0.39, 0.29) is 5.78 Å². The molecule has 5 rings (SSSR count). The molecular formula is C29H28N2O4. The van der Waals surface area contributed by atoms with E-state index in [4.69, 9.17) is 9.94 Å². The molecule has 2 heterocycles. The Labute approximate surface area is 204 Å². The molecule has 0 saturated carbocycles. The van der Waals surface area contributed by atoms with Crippen LogP contribution in [0.5, 0.6) is 5.75 Å². The number of carbonyl (C=O) groups is 2. The van der Waals surface area contributed by atoms with Crippen molar-refractivity contribution in [1.29, 1.82) is 0 Å². The molecule has 0 atom stereocenters. The number of amides is 1. The Morgan fingerprint density at radius 3 is 2.51 bits per heavy atom. The number of hydroxylamine groups is 1. The number of fused-ring (bicyclic) bond motifs is 1. The first kappa shape index (κ1) is 23.0. The highest BCUT2D eigenvalue weighted by atomic mass is 16.5. The Kier molecular flexibility index (Phi) is 6.49. The smallest absolute Gasteiger partial charge is 0.267 e. The third-order valence-corrected chi connectivity index (χ3v) is 6.91. The van der Waals surface area contributed by atoms with Crippen LogP contribution >= 0.6 is 0 Å². The molecule has 1 amide bonds. The Morgan fingerprint density at radius 1 is 1.00 bits per heavy atom. The van der Waals surface area contributed by atoms with Gasteiger partial charge in [0.25, 0.3) is 5.91 Å². The van der Waals surface area contributed by atoms with E-state index >= 15 is 0 Å². The molecule has 2 aliphatic heterocycles. The van der Waals surface area contributed by atoms with Crippen LogP contribution in [0, 0.1) is 0 Å². The molecule has 1 fully saturated rings. The number of nitrogens with zero attached hydrogens (tertiary/aromatic N) is 1. The molecule has 35 heavy (non-hydrogen) atoms. The lowest BCUT2D eigenvalue weighted by molar-refractivity contribution is -0.124. The van der Waals surface area contributed by atoms with E-state index in [9.17, 15) is 9.59 Å². The van der Waals surface area contributed by atoms with Gasteiger partial charge in [-0.3, -0.25) is 19.7 Å². The topological polar surface area (TPSA) is 78.9 Å². The summed E-state index contributed by atoms with van der Waals surface area (Å²) in [4.78, 5) is 26.7. The number of carbonyl (C=O) groups excluding carboxylic acids is 2. The van der Waals surface area contributed by atoms with Gasteiger partial charge in [0, 0.05) is 38.6 Å². The summed E-state index contributed by atoms with van der Waals surface area (Å²) >= 11 is 0. The minimum Gasteiger partial charge on any atom is -0.486 e. The molecule has 2 aliphatic rings. The van der Waals surface area contributed by atoms with Crippen LogP contribution in [0.3, 0.4) is 0 Å². The van der Waals surface area contributed by atoms with Gasteiger partial charge in [0.15, 0.2) is 5.78 Å². The number of likely N-dealkylation sites (tertiary alicyclic amines) is 1. The van der Waals surface area contributed by atoms with Crippen molar-refractivity contribution in [3.8, 4) is 16.9 Å². The summed E-state index contributed by atoms with van der Waals surface area (Å²) < 4.78 is 6.43. The molecular weight excluding hydrogens is 440 g/mol. The normalized spacial score (nSPS) is 17.2. The number of piperidine rings is 1. The maximum absolute atomic E-state index is 13.0. The van der Waals surface area contributed by atoms with Crippen molar-refractivity contribution in [3.05, 3.63) is 95.6 Å². The lowest BCUT2D eigenvalue weighted by Crippen LogP contribution is -2.50. The maximum atomic E-state index is 13.0. The molecule has 0 bridgehead atoms. The maximum Gasteiger partial charge on any atom is 0.267 e. The Balaban J connectivity index is 1.26. The lowest BCUT2D eigenvalue weighted by Gasteiger charge is -2.44. The largest absolute Gasteiger partial charge is 0.486 e. The molecule has 1 saturated heterocycles. The van der Waals surface area contributed by atoms with Crippen molar-refractivity contribution in [3.63, 3.8) is 0 Å². The molecule has 3 aromatic rings. The van der Waals surface area contributed by atoms with Gasteiger partial charge in [-0.1, -0.05) is 60.7 Å². The molecule has 6 heteroatoms. The van der Waals surface area contributed by atoms with Crippen LogP contribution in [-0.4, -0.2) is 40.5 Å². The predicted octanol–water partition coefficient (Wildman–Crippen LogP) is 4.87. The van der Waals surface area contributed by atoms with Crippen molar-refractivity contribution >= 4 is 17.8 Å². The van der Waals surface area contributed by atoms with Gasteiger partial charge in [0.05, 0.1) is 12.0 Å². The van der Waals surface area contributed by atoms with Gasteiger partial charge in [-0.15, -0.1) is 0 Å². The van der Waals surface area contributed by atoms with E-state index < -0.39 is 11.5 Å². The number of rotatable bonds is 5.